The minimum absolute atomic E-state index is 0.0388. The molecule has 4 rings (SSSR count). The van der Waals surface area contributed by atoms with Gasteiger partial charge < -0.3 is 14.4 Å². The topological polar surface area (TPSA) is 51.7 Å². The van der Waals surface area contributed by atoms with Crippen molar-refractivity contribution < 1.29 is 14.3 Å². The van der Waals surface area contributed by atoms with Crippen LogP contribution < -0.4 is 0 Å². The third kappa shape index (κ3) is 3.58. The van der Waals surface area contributed by atoms with Gasteiger partial charge in [-0.2, -0.15) is 0 Å². The maximum absolute atomic E-state index is 12.9. The third-order valence-electron chi connectivity index (χ3n) is 6.17. The molecule has 2 saturated heterocycles. The highest BCUT2D eigenvalue weighted by Gasteiger charge is 2.47. The molecule has 3 heterocycles. The number of hydrogen-bond acceptors (Lipinski definition) is 4. The lowest BCUT2D eigenvalue weighted by atomic mass is 9.73. The Morgan fingerprint density at radius 3 is 2.88 bits per heavy atom. The van der Waals surface area contributed by atoms with E-state index in [0.29, 0.717) is 6.61 Å². The molecule has 5 heteroatoms. The number of carbonyl (C=O) groups excluding carboxylic acids is 1. The van der Waals surface area contributed by atoms with Crippen molar-refractivity contribution in [2.24, 2.45) is 11.3 Å². The van der Waals surface area contributed by atoms with Crippen LogP contribution in [0.1, 0.15) is 48.9 Å². The number of aromatic nitrogens is 1. The molecule has 0 N–H and O–H groups in total. The fourth-order valence-electron chi connectivity index (χ4n) is 4.44. The molecule has 0 bridgehead atoms. The first-order chi connectivity index (χ1) is 12.3. The fraction of sp³-hybridized carbons (Fsp3) is 0.700. The van der Waals surface area contributed by atoms with Gasteiger partial charge in [-0.05, 0) is 50.2 Å². The average Bonchev–Trinajstić information content (AvgIpc) is 2.63. The maximum Gasteiger partial charge on any atom is 0.253 e. The van der Waals surface area contributed by atoms with Crippen molar-refractivity contribution in [1.82, 2.24) is 9.88 Å². The van der Waals surface area contributed by atoms with Gasteiger partial charge in [0.05, 0.1) is 12.7 Å². The van der Waals surface area contributed by atoms with E-state index in [-0.39, 0.29) is 17.4 Å². The molecular weight excluding hydrogens is 316 g/mol. The van der Waals surface area contributed by atoms with Crippen molar-refractivity contribution in [3.8, 4) is 0 Å². The van der Waals surface area contributed by atoms with E-state index in [9.17, 15) is 4.79 Å². The highest BCUT2D eigenvalue weighted by Crippen LogP contribution is 2.41. The van der Waals surface area contributed by atoms with E-state index in [2.05, 4.69) is 4.98 Å². The van der Waals surface area contributed by atoms with Gasteiger partial charge >= 0.3 is 0 Å². The predicted molar refractivity (Wildman–Crippen MR) is 94.3 cm³/mol. The molecule has 2 atom stereocenters. The molecule has 2 aliphatic heterocycles. The molecule has 0 spiro atoms. The molecule has 1 aromatic heterocycles. The number of hydrogen-bond donors (Lipinski definition) is 0. The van der Waals surface area contributed by atoms with Crippen LogP contribution in [0.15, 0.2) is 24.5 Å². The van der Waals surface area contributed by atoms with Crippen LogP contribution in [0, 0.1) is 11.3 Å². The van der Waals surface area contributed by atoms with Gasteiger partial charge in [0.25, 0.3) is 5.91 Å². The summed E-state index contributed by atoms with van der Waals surface area (Å²) in [6.45, 7) is 3.92. The lowest BCUT2D eigenvalue weighted by Crippen LogP contribution is -2.58. The predicted octanol–water partition coefficient (Wildman–Crippen LogP) is 2.91. The Kier molecular flexibility index (Phi) is 5.04. The summed E-state index contributed by atoms with van der Waals surface area (Å²) in [5.41, 5.74) is 0.680. The number of carbonyl (C=O) groups is 1. The summed E-state index contributed by atoms with van der Waals surface area (Å²) in [5, 5.41) is 0. The van der Waals surface area contributed by atoms with Gasteiger partial charge in [-0.3, -0.25) is 9.78 Å². The molecule has 136 valence electrons. The summed E-state index contributed by atoms with van der Waals surface area (Å²) in [6, 6.07) is 3.59. The lowest BCUT2D eigenvalue weighted by molar-refractivity contribution is -0.150. The smallest absolute Gasteiger partial charge is 0.253 e. The average molecular weight is 344 g/mol. The van der Waals surface area contributed by atoms with Crippen LogP contribution in [0.3, 0.4) is 0 Å². The zero-order valence-corrected chi connectivity index (χ0v) is 14.9. The largest absolute Gasteiger partial charge is 0.380 e. The van der Waals surface area contributed by atoms with Crippen molar-refractivity contribution in [3.05, 3.63) is 30.1 Å². The number of amides is 1. The number of piperidine rings is 1. The van der Waals surface area contributed by atoms with Crippen molar-refractivity contribution in [2.75, 3.05) is 32.9 Å². The molecule has 3 aliphatic rings. The van der Waals surface area contributed by atoms with Gasteiger partial charge in [-0.25, -0.2) is 0 Å². The Balaban J connectivity index is 1.44. The maximum atomic E-state index is 12.9. The van der Waals surface area contributed by atoms with E-state index in [4.69, 9.17) is 9.47 Å². The van der Waals surface area contributed by atoms with Gasteiger partial charge in [0.1, 0.15) is 0 Å². The number of pyridine rings is 1. The molecule has 0 radical (unpaired) electrons. The van der Waals surface area contributed by atoms with E-state index in [1.807, 2.05) is 4.90 Å². The summed E-state index contributed by atoms with van der Waals surface area (Å²) in [6.07, 6.45) is 10.6. The van der Waals surface area contributed by atoms with Crippen molar-refractivity contribution >= 4 is 5.91 Å². The Morgan fingerprint density at radius 1 is 1.28 bits per heavy atom. The summed E-state index contributed by atoms with van der Waals surface area (Å²) in [7, 11) is 0. The first-order valence-electron chi connectivity index (χ1n) is 9.65. The molecule has 1 saturated carbocycles. The highest BCUT2D eigenvalue weighted by atomic mass is 16.5. The van der Waals surface area contributed by atoms with E-state index >= 15 is 0 Å². The fourth-order valence-corrected chi connectivity index (χ4v) is 4.44. The molecule has 25 heavy (non-hydrogen) atoms. The SMILES string of the molecule is O=C(c1ccncc1)N1CC[C@H]2OCCC[C@@]2(COCC2CCC2)C1. The Bertz CT molecular complexity index is 590. The standard InChI is InChI=1S/C20H28N2O3/c23-19(17-5-9-21-10-6-17)22-11-7-18-20(14-22,8-2-12-25-18)15-24-13-16-3-1-4-16/h5-6,9-10,16,18H,1-4,7-8,11-15H2/t18-,20+/m1/s1. The molecule has 0 aromatic carbocycles. The lowest BCUT2D eigenvalue weighted by Gasteiger charge is -2.50. The summed E-state index contributed by atoms with van der Waals surface area (Å²) >= 11 is 0. The highest BCUT2D eigenvalue weighted by molar-refractivity contribution is 5.94. The van der Waals surface area contributed by atoms with Crippen molar-refractivity contribution in [2.45, 2.75) is 44.6 Å². The van der Waals surface area contributed by atoms with Crippen molar-refractivity contribution in [3.63, 3.8) is 0 Å². The number of ether oxygens (including phenoxy) is 2. The van der Waals surface area contributed by atoms with E-state index in [1.54, 1.807) is 24.5 Å². The van der Waals surface area contributed by atoms with Crippen molar-refractivity contribution in [1.29, 1.82) is 0 Å². The molecule has 1 aromatic rings. The van der Waals surface area contributed by atoms with Crippen LogP contribution in [0.2, 0.25) is 0 Å². The molecular formula is C20H28N2O3. The van der Waals surface area contributed by atoms with Crippen LogP contribution in [-0.4, -0.2) is 54.8 Å². The van der Waals surface area contributed by atoms with Crippen LogP contribution in [0.4, 0.5) is 0 Å². The van der Waals surface area contributed by atoms with Crippen LogP contribution in [-0.2, 0) is 9.47 Å². The van der Waals surface area contributed by atoms with Crippen LogP contribution >= 0.6 is 0 Å². The molecule has 1 amide bonds. The Hall–Kier alpha value is -1.46. The first-order valence-corrected chi connectivity index (χ1v) is 9.65. The second-order valence-electron chi connectivity index (χ2n) is 7.89. The number of fused-ring (bicyclic) bond motifs is 1. The minimum atomic E-state index is -0.0388. The van der Waals surface area contributed by atoms with E-state index in [0.717, 1.165) is 57.0 Å². The number of rotatable bonds is 5. The van der Waals surface area contributed by atoms with E-state index in [1.165, 1.54) is 19.3 Å². The van der Waals surface area contributed by atoms with Gasteiger partial charge in [0.2, 0.25) is 0 Å². The molecule has 3 fully saturated rings. The number of nitrogens with zero attached hydrogens (tertiary/aromatic N) is 2. The quantitative estimate of drug-likeness (QED) is 0.824. The van der Waals surface area contributed by atoms with Gasteiger partial charge in [0, 0.05) is 49.7 Å². The second-order valence-corrected chi connectivity index (χ2v) is 7.89. The van der Waals surface area contributed by atoms with Crippen LogP contribution in [0.25, 0.3) is 0 Å². The number of likely N-dealkylation sites (tertiary alicyclic amines) is 1. The molecule has 1 aliphatic carbocycles. The second kappa shape index (κ2) is 7.42. The Morgan fingerprint density at radius 2 is 2.12 bits per heavy atom. The third-order valence-corrected chi connectivity index (χ3v) is 6.17. The summed E-state index contributed by atoms with van der Waals surface area (Å²) < 4.78 is 12.2. The minimum Gasteiger partial charge on any atom is -0.380 e. The molecule has 0 unspecified atom stereocenters. The zero-order chi connectivity index (χ0) is 17.1. The summed E-state index contributed by atoms with van der Waals surface area (Å²) in [4.78, 5) is 18.9. The van der Waals surface area contributed by atoms with Crippen LogP contribution in [0.5, 0.6) is 0 Å². The van der Waals surface area contributed by atoms with Gasteiger partial charge in [-0.15, -0.1) is 0 Å². The Labute approximate surface area is 149 Å². The monoisotopic (exact) mass is 344 g/mol. The molecule has 5 nitrogen and oxygen atoms in total. The first kappa shape index (κ1) is 17.0. The van der Waals surface area contributed by atoms with E-state index < -0.39 is 0 Å². The summed E-state index contributed by atoms with van der Waals surface area (Å²) in [5.74, 6) is 0.849. The van der Waals surface area contributed by atoms with Gasteiger partial charge in [-0.1, -0.05) is 6.42 Å². The zero-order valence-electron chi connectivity index (χ0n) is 14.9. The van der Waals surface area contributed by atoms with Gasteiger partial charge in [0.15, 0.2) is 0 Å². The normalized spacial score (nSPS) is 29.8.